The molecule has 2 heteroatoms. The molecule has 1 spiro atoms. The molecule has 4 unspecified atom stereocenters. The van der Waals surface area contributed by atoms with Crippen LogP contribution in [0.2, 0.25) is 0 Å². The van der Waals surface area contributed by atoms with Crippen molar-refractivity contribution in [2.45, 2.75) is 70.0 Å². The van der Waals surface area contributed by atoms with Gasteiger partial charge in [0.2, 0.25) is 0 Å². The van der Waals surface area contributed by atoms with E-state index >= 15 is 0 Å². The van der Waals surface area contributed by atoms with Gasteiger partial charge in [-0.25, -0.2) is 0 Å². The van der Waals surface area contributed by atoms with Gasteiger partial charge in [0.15, 0.2) is 0 Å². The van der Waals surface area contributed by atoms with Gasteiger partial charge in [-0.15, -0.1) is 0 Å². The first kappa shape index (κ1) is 12.0. The van der Waals surface area contributed by atoms with Crippen LogP contribution in [0.3, 0.4) is 0 Å². The lowest BCUT2D eigenvalue weighted by molar-refractivity contribution is -0.105. The minimum absolute atomic E-state index is 0.0395. The van der Waals surface area contributed by atoms with Gasteiger partial charge in [0.25, 0.3) is 0 Å². The number of hydrogen-bond donors (Lipinski definition) is 1. The molecule has 1 N–H and O–H groups in total. The smallest absolute Gasteiger partial charge is 0.0685 e. The van der Waals surface area contributed by atoms with E-state index < -0.39 is 0 Å². The normalized spacial score (nSPS) is 45.5. The van der Waals surface area contributed by atoms with Gasteiger partial charge in [-0.2, -0.15) is 0 Å². The Balaban J connectivity index is 1.67. The number of aliphatic hydroxyl groups excluding tert-OH is 1. The van der Waals surface area contributed by atoms with E-state index in [4.69, 9.17) is 4.74 Å². The van der Waals surface area contributed by atoms with E-state index in [0.29, 0.717) is 5.92 Å². The van der Waals surface area contributed by atoms with Gasteiger partial charge in [-0.05, 0) is 56.3 Å². The lowest BCUT2D eigenvalue weighted by atomic mass is 9.74. The lowest BCUT2D eigenvalue weighted by Gasteiger charge is -2.41. The van der Waals surface area contributed by atoms with E-state index in [-0.39, 0.29) is 11.7 Å². The zero-order chi connectivity index (χ0) is 11.9. The summed E-state index contributed by atoms with van der Waals surface area (Å²) < 4.78 is 6.12. The van der Waals surface area contributed by atoms with Crippen LogP contribution in [0.25, 0.3) is 0 Å². The molecule has 2 aliphatic carbocycles. The molecule has 98 valence electrons. The van der Waals surface area contributed by atoms with Gasteiger partial charge in [-0.1, -0.05) is 19.8 Å². The van der Waals surface area contributed by atoms with E-state index in [1.807, 2.05) is 0 Å². The standard InChI is InChI=1S/C15H26O2/c1-11-13(4-5-14(11)16)12-6-9-17-15(10-12)7-2-3-8-15/h11-14,16H,2-10H2,1H3. The third-order valence-electron chi connectivity index (χ3n) is 5.73. The van der Waals surface area contributed by atoms with Crippen LogP contribution in [0, 0.1) is 17.8 Å². The number of hydrogen-bond acceptors (Lipinski definition) is 2. The second kappa shape index (κ2) is 4.55. The highest BCUT2D eigenvalue weighted by atomic mass is 16.5. The summed E-state index contributed by atoms with van der Waals surface area (Å²) in [6.07, 6.45) is 10.0. The van der Waals surface area contributed by atoms with Crippen LogP contribution in [-0.4, -0.2) is 23.4 Å². The van der Waals surface area contributed by atoms with Crippen molar-refractivity contribution in [2.24, 2.45) is 17.8 Å². The molecule has 0 aromatic rings. The minimum Gasteiger partial charge on any atom is -0.393 e. The zero-order valence-electron chi connectivity index (χ0n) is 11.0. The number of aliphatic hydroxyl groups is 1. The van der Waals surface area contributed by atoms with Crippen LogP contribution in [0.1, 0.15) is 58.3 Å². The van der Waals surface area contributed by atoms with Gasteiger partial charge in [0, 0.05) is 6.61 Å². The summed E-state index contributed by atoms with van der Waals surface area (Å²) in [5.41, 5.74) is 0.246. The molecule has 4 atom stereocenters. The molecule has 2 nitrogen and oxygen atoms in total. The Bertz CT molecular complexity index is 270. The predicted octanol–water partition coefficient (Wildman–Crippen LogP) is 3.13. The molecule has 3 rings (SSSR count). The van der Waals surface area contributed by atoms with Gasteiger partial charge >= 0.3 is 0 Å². The molecule has 0 aromatic carbocycles. The minimum atomic E-state index is -0.0395. The summed E-state index contributed by atoms with van der Waals surface area (Å²) in [5, 5.41) is 9.92. The average molecular weight is 238 g/mol. The largest absolute Gasteiger partial charge is 0.393 e. The molecule has 0 radical (unpaired) electrons. The summed E-state index contributed by atoms with van der Waals surface area (Å²) in [6, 6.07) is 0. The first-order valence-electron chi connectivity index (χ1n) is 7.52. The quantitative estimate of drug-likeness (QED) is 0.760. The first-order valence-corrected chi connectivity index (χ1v) is 7.52. The van der Waals surface area contributed by atoms with E-state index in [0.717, 1.165) is 24.9 Å². The maximum atomic E-state index is 9.92. The molecule has 3 aliphatic rings. The van der Waals surface area contributed by atoms with Gasteiger partial charge in [-0.3, -0.25) is 0 Å². The van der Waals surface area contributed by atoms with Gasteiger partial charge < -0.3 is 9.84 Å². The highest BCUT2D eigenvalue weighted by molar-refractivity contribution is 4.95. The highest BCUT2D eigenvalue weighted by Gasteiger charge is 2.45. The van der Waals surface area contributed by atoms with Crippen LogP contribution in [0.4, 0.5) is 0 Å². The van der Waals surface area contributed by atoms with Crippen molar-refractivity contribution < 1.29 is 9.84 Å². The van der Waals surface area contributed by atoms with E-state index in [2.05, 4.69) is 6.92 Å². The Morgan fingerprint density at radius 3 is 2.53 bits per heavy atom. The average Bonchev–Trinajstić information content (AvgIpc) is 2.89. The fourth-order valence-electron chi connectivity index (χ4n) is 4.64. The molecule has 3 fully saturated rings. The fraction of sp³-hybridized carbons (Fsp3) is 1.00. The fourth-order valence-corrected chi connectivity index (χ4v) is 4.64. The second-order valence-electron chi connectivity index (χ2n) is 6.66. The molecule has 1 saturated heterocycles. The van der Waals surface area contributed by atoms with Crippen molar-refractivity contribution in [3.8, 4) is 0 Å². The molecule has 1 aliphatic heterocycles. The van der Waals surface area contributed by atoms with Crippen LogP contribution < -0.4 is 0 Å². The van der Waals surface area contributed by atoms with Crippen molar-refractivity contribution in [1.29, 1.82) is 0 Å². The Kier molecular flexibility index (Phi) is 3.20. The van der Waals surface area contributed by atoms with E-state index in [9.17, 15) is 5.11 Å². The Morgan fingerprint density at radius 2 is 1.88 bits per heavy atom. The zero-order valence-corrected chi connectivity index (χ0v) is 11.0. The molecular formula is C15H26O2. The van der Waals surface area contributed by atoms with Crippen LogP contribution in [-0.2, 0) is 4.74 Å². The summed E-state index contributed by atoms with van der Waals surface area (Å²) in [4.78, 5) is 0. The van der Waals surface area contributed by atoms with E-state index in [1.165, 1.54) is 44.9 Å². The van der Waals surface area contributed by atoms with Crippen molar-refractivity contribution in [3.05, 3.63) is 0 Å². The topological polar surface area (TPSA) is 29.5 Å². The summed E-state index contributed by atoms with van der Waals surface area (Å²) >= 11 is 0. The highest BCUT2D eigenvalue weighted by Crippen LogP contribution is 2.48. The maximum Gasteiger partial charge on any atom is 0.0685 e. The second-order valence-corrected chi connectivity index (χ2v) is 6.66. The van der Waals surface area contributed by atoms with Gasteiger partial charge in [0.1, 0.15) is 0 Å². The molecule has 2 saturated carbocycles. The molecule has 0 amide bonds. The molecule has 1 heterocycles. The molecule has 0 bridgehead atoms. The molecule has 0 aromatic heterocycles. The SMILES string of the molecule is CC1C(O)CCC1C1CCOC2(CCCC2)C1. The Labute approximate surface area is 105 Å². The number of ether oxygens (including phenoxy) is 1. The van der Waals surface area contributed by atoms with Crippen molar-refractivity contribution >= 4 is 0 Å². The number of rotatable bonds is 1. The van der Waals surface area contributed by atoms with Crippen molar-refractivity contribution in [2.75, 3.05) is 6.61 Å². The third kappa shape index (κ3) is 2.15. The van der Waals surface area contributed by atoms with Gasteiger partial charge in [0.05, 0.1) is 11.7 Å². The molecule has 17 heavy (non-hydrogen) atoms. The lowest BCUT2D eigenvalue weighted by Crippen LogP contribution is -2.40. The van der Waals surface area contributed by atoms with Crippen molar-refractivity contribution in [1.82, 2.24) is 0 Å². The van der Waals surface area contributed by atoms with Crippen molar-refractivity contribution in [3.63, 3.8) is 0 Å². The molecular weight excluding hydrogens is 212 g/mol. The Hall–Kier alpha value is -0.0800. The summed E-state index contributed by atoms with van der Waals surface area (Å²) in [5.74, 6) is 2.08. The predicted molar refractivity (Wildman–Crippen MR) is 67.8 cm³/mol. The summed E-state index contributed by atoms with van der Waals surface area (Å²) in [6.45, 7) is 3.21. The maximum absolute atomic E-state index is 9.92. The summed E-state index contributed by atoms with van der Waals surface area (Å²) in [7, 11) is 0. The van der Waals surface area contributed by atoms with Crippen LogP contribution >= 0.6 is 0 Å². The van der Waals surface area contributed by atoms with Crippen LogP contribution in [0.5, 0.6) is 0 Å². The third-order valence-corrected chi connectivity index (χ3v) is 5.73. The first-order chi connectivity index (χ1) is 8.20. The monoisotopic (exact) mass is 238 g/mol. The Morgan fingerprint density at radius 1 is 1.12 bits per heavy atom. The van der Waals surface area contributed by atoms with E-state index in [1.54, 1.807) is 0 Å². The van der Waals surface area contributed by atoms with Crippen LogP contribution in [0.15, 0.2) is 0 Å².